The summed E-state index contributed by atoms with van der Waals surface area (Å²) in [5.41, 5.74) is 0.693. The van der Waals surface area contributed by atoms with Crippen LogP contribution in [0.4, 0.5) is 5.69 Å². The minimum Gasteiger partial charge on any atom is -0.493 e. The van der Waals surface area contributed by atoms with Gasteiger partial charge >= 0.3 is 0 Å². The molecule has 0 spiro atoms. The van der Waals surface area contributed by atoms with Gasteiger partial charge in [-0.1, -0.05) is 37.3 Å². The summed E-state index contributed by atoms with van der Waals surface area (Å²) in [6.07, 6.45) is 0.172. The van der Waals surface area contributed by atoms with Gasteiger partial charge in [-0.3, -0.25) is 14.9 Å². The number of benzene rings is 2. The number of carbonyl (C=O) groups excluding carboxylic acids is 1. The van der Waals surface area contributed by atoms with Crippen molar-refractivity contribution in [2.75, 3.05) is 7.11 Å². The van der Waals surface area contributed by atoms with E-state index in [0.29, 0.717) is 5.75 Å². The van der Waals surface area contributed by atoms with E-state index in [1.807, 2.05) is 30.3 Å². The molecule has 0 saturated heterocycles. The summed E-state index contributed by atoms with van der Waals surface area (Å²) >= 11 is 0. The zero-order chi connectivity index (χ0) is 16.8. The lowest BCUT2D eigenvalue weighted by Crippen LogP contribution is -2.05. The molecule has 0 aliphatic rings. The summed E-state index contributed by atoms with van der Waals surface area (Å²) in [6, 6.07) is 12.1. The van der Waals surface area contributed by atoms with E-state index in [1.165, 1.54) is 19.2 Å². The lowest BCUT2D eigenvalue weighted by Gasteiger charge is -2.12. The fourth-order valence-corrected chi connectivity index (χ4v) is 2.12. The van der Waals surface area contributed by atoms with Gasteiger partial charge in [0, 0.05) is 12.5 Å². The first-order valence-corrected chi connectivity index (χ1v) is 7.13. The number of hydrogen-bond acceptors (Lipinski definition) is 5. The third kappa shape index (κ3) is 3.85. The van der Waals surface area contributed by atoms with Gasteiger partial charge in [-0.15, -0.1) is 0 Å². The molecular weight excluding hydrogens is 298 g/mol. The Morgan fingerprint density at radius 1 is 1.17 bits per heavy atom. The Morgan fingerprint density at radius 3 is 2.43 bits per heavy atom. The Hall–Kier alpha value is -2.89. The van der Waals surface area contributed by atoms with E-state index < -0.39 is 4.92 Å². The Balaban J connectivity index is 2.37. The maximum Gasteiger partial charge on any atom is 0.284 e. The molecule has 6 nitrogen and oxygen atoms in total. The topological polar surface area (TPSA) is 78.7 Å². The number of methoxy groups -OCH3 is 1. The van der Waals surface area contributed by atoms with Gasteiger partial charge in [0.05, 0.1) is 23.7 Å². The van der Waals surface area contributed by atoms with Gasteiger partial charge < -0.3 is 9.47 Å². The summed E-state index contributed by atoms with van der Waals surface area (Å²) in [7, 11) is 1.40. The van der Waals surface area contributed by atoms with Crippen LogP contribution in [0.5, 0.6) is 11.5 Å². The van der Waals surface area contributed by atoms with Crippen LogP contribution in [-0.2, 0) is 6.61 Å². The van der Waals surface area contributed by atoms with Gasteiger partial charge in [0.1, 0.15) is 6.61 Å². The smallest absolute Gasteiger partial charge is 0.284 e. The monoisotopic (exact) mass is 315 g/mol. The maximum atomic E-state index is 12.0. The van der Waals surface area contributed by atoms with Crippen molar-refractivity contribution in [1.29, 1.82) is 0 Å². The molecule has 0 unspecified atom stereocenters. The summed E-state index contributed by atoms with van der Waals surface area (Å²) in [5, 5.41) is 11.2. The molecule has 0 aliphatic heterocycles. The largest absolute Gasteiger partial charge is 0.493 e. The van der Waals surface area contributed by atoms with Crippen LogP contribution in [0.2, 0.25) is 0 Å². The number of carbonyl (C=O) groups is 1. The highest BCUT2D eigenvalue weighted by atomic mass is 16.6. The number of nitro benzene ring substituents is 1. The minimum absolute atomic E-state index is 0.0290. The third-order valence-electron chi connectivity index (χ3n) is 3.34. The molecule has 0 aliphatic carbocycles. The Kier molecular flexibility index (Phi) is 5.30. The predicted molar refractivity (Wildman–Crippen MR) is 85.0 cm³/mol. The second-order valence-corrected chi connectivity index (χ2v) is 4.83. The second kappa shape index (κ2) is 7.40. The van der Waals surface area contributed by atoms with E-state index in [0.717, 1.165) is 5.56 Å². The molecule has 2 aromatic rings. The summed E-state index contributed by atoms with van der Waals surface area (Å²) in [5.74, 6) is 0.211. The van der Waals surface area contributed by atoms with Gasteiger partial charge in [-0.25, -0.2) is 0 Å². The van der Waals surface area contributed by atoms with Gasteiger partial charge in [0.2, 0.25) is 0 Å². The number of nitrogens with zero attached hydrogens (tertiary/aromatic N) is 1. The van der Waals surface area contributed by atoms with Crippen molar-refractivity contribution in [1.82, 2.24) is 0 Å². The van der Waals surface area contributed by atoms with E-state index in [-0.39, 0.29) is 35.8 Å². The number of hydrogen-bond donors (Lipinski definition) is 0. The number of Topliss-reactive ketones (excluding diaryl/α,β-unsaturated/α-hetero) is 1. The average Bonchev–Trinajstić information content (AvgIpc) is 2.59. The molecule has 0 N–H and O–H groups in total. The molecular formula is C17H17NO5. The summed E-state index contributed by atoms with van der Waals surface area (Å²) < 4.78 is 10.8. The van der Waals surface area contributed by atoms with Crippen LogP contribution >= 0.6 is 0 Å². The van der Waals surface area contributed by atoms with Crippen LogP contribution in [0.3, 0.4) is 0 Å². The first-order valence-electron chi connectivity index (χ1n) is 7.13. The summed E-state index contributed by atoms with van der Waals surface area (Å²) in [4.78, 5) is 22.5. The van der Waals surface area contributed by atoms with E-state index in [2.05, 4.69) is 0 Å². The molecule has 0 amide bonds. The van der Waals surface area contributed by atoms with Crippen molar-refractivity contribution < 1.29 is 19.2 Å². The molecule has 23 heavy (non-hydrogen) atoms. The van der Waals surface area contributed by atoms with E-state index in [1.54, 1.807) is 6.92 Å². The zero-order valence-corrected chi connectivity index (χ0v) is 12.9. The van der Waals surface area contributed by atoms with E-state index in [9.17, 15) is 14.9 Å². The normalized spacial score (nSPS) is 10.2. The van der Waals surface area contributed by atoms with E-state index in [4.69, 9.17) is 9.47 Å². The SMILES string of the molecule is CCC(=O)c1cc(OCc2ccccc2)c(OC)cc1[N+](=O)[O-]. The van der Waals surface area contributed by atoms with Crippen molar-refractivity contribution in [2.45, 2.75) is 20.0 Å². The fraction of sp³-hybridized carbons (Fsp3) is 0.235. The van der Waals surface area contributed by atoms with Gasteiger partial charge in [-0.2, -0.15) is 0 Å². The average molecular weight is 315 g/mol. The first kappa shape index (κ1) is 16.5. The van der Waals surface area contributed by atoms with Crippen LogP contribution in [0.25, 0.3) is 0 Å². The molecule has 2 rings (SSSR count). The molecule has 0 radical (unpaired) electrons. The first-order chi connectivity index (χ1) is 11.1. The van der Waals surface area contributed by atoms with Crippen LogP contribution in [0.15, 0.2) is 42.5 Å². The quantitative estimate of drug-likeness (QED) is 0.441. The molecule has 0 heterocycles. The van der Waals surface area contributed by atoms with Gasteiger partial charge in [-0.05, 0) is 5.56 Å². The predicted octanol–water partition coefficient (Wildman–Crippen LogP) is 3.78. The third-order valence-corrected chi connectivity index (χ3v) is 3.34. The Labute approximate surface area is 133 Å². The maximum absolute atomic E-state index is 12.0. The van der Waals surface area contributed by atoms with Crippen LogP contribution in [0.1, 0.15) is 29.3 Å². The molecule has 6 heteroatoms. The number of rotatable bonds is 7. The van der Waals surface area contributed by atoms with Gasteiger partial charge in [0.25, 0.3) is 5.69 Å². The highest BCUT2D eigenvalue weighted by Gasteiger charge is 2.23. The molecule has 0 atom stereocenters. The molecule has 120 valence electrons. The molecule has 0 bridgehead atoms. The number of ether oxygens (including phenoxy) is 2. The Morgan fingerprint density at radius 2 is 1.87 bits per heavy atom. The standard InChI is InChI=1S/C17H17NO5/c1-3-15(19)13-9-17(16(22-2)10-14(13)18(20)21)23-11-12-7-5-4-6-8-12/h4-10H,3,11H2,1-2H3. The van der Waals surface area contributed by atoms with Crippen molar-refractivity contribution in [3.63, 3.8) is 0 Å². The fourth-order valence-electron chi connectivity index (χ4n) is 2.12. The lowest BCUT2D eigenvalue weighted by atomic mass is 10.1. The highest BCUT2D eigenvalue weighted by Crippen LogP contribution is 2.35. The van der Waals surface area contributed by atoms with Crippen molar-refractivity contribution in [2.24, 2.45) is 0 Å². The number of ketones is 1. The molecule has 0 fully saturated rings. The van der Waals surface area contributed by atoms with Crippen LogP contribution < -0.4 is 9.47 Å². The lowest BCUT2D eigenvalue weighted by molar-refractivity contribution is -0.385. The van der Waals surface area contributed by atoms with Crippen molar-refractivity contribution in [3.8, 4) is 11.5 Å². The molecule has 0 saturated carbocycles. The van der Waals surface area contributed by atoms with Gasteiger partial charge in [0.15, 0.2) is 17.3 Å². The van der Waals surface area contributed by atoms with Crippen molar-refractivity contribution >= 4 is 11.5 Å². The zero-order valence-electron chi connectivity index (χ0n) is 12.9. The minimum atomic E-state index is -0.591. The van der Waals surface area contributed by atoms with Crippen molar-refractivity contribution in [3.05, 3.63) is 63.7 Å². The second-order valence-electron chi connectivity index (χ2n) is 4.83. The Bertz CT molecular complexity index is 712. The molecule has 2 aromatic carbocycles. The highest BCUT2D eigenvalue weighted by molar-refractivity contribution is 6.00. The molecule has 0 aromatic heterocycles. The van der Waals surface area contributed by atoms with Crippen LogP contribution in [0, 0.1) is 10.1 Å². The number of nitro groups is 1. The van der Waals surface area contributed by atoms with E-state index >= 15 is 0 Å². The van der Waals surface area contributed by atoms with Crippen LogP contribution in [-0.4, -0.2) is 17.8 Å². The summed E-state index contributed by atoms with van der Waals surface area (Å²) in [6.45, 7) is 1.93.